The number of carbonyl (C=O) groups excluding carboxylic acids is 1. The summed E-state index contributed by atoms with van der Waals surface area (Å²) < 4.78 is 13.0. The van der Waals surface area contributed by atoms with E-state index in [1.807, 2.05) is 45.0 Å². The molecular formula is C18H21FN2O. The standard InChI is InChI=1S/C18H21FN2O/c1-13-6-4-5-7-14(13)12-20-17(22)21-18(2,3)15-8-10-16(19)11-9-15/h4-11H,12H2,1-3H3,(H2,20,21,22). The molecule has 2 aromatic rings. The van der Waals surface area contributed by atoms with Crippen molar-refractivity contribution in [3.05, 3.63) is 71.0 Å². The highest BCUT2D eigenvalue weighted by Crippen LogP contribution is 2.20. The molecule has 22 heavy (non-hydrogen) atoms. The van der Waals surface area contributed by atoms with Gasteiger partial charge in [-0.1, -0.05) is 36.4 Å². The molecule has 0 atom stereocenters. The fourth-order valence-electron chi connectivity index (χ4n) is 2.25. The van der Waals surface area contributed by atoms with Crippen LogP contribution in [0.2, 0.25) is 0 Å². The second-order valence-corrected chi connectivity index (χ2v) is 5.87. The van der Waals surface area contributed by atoms with Gasteiger partial charge >= 0.3 is 6.03 Å². The van der Waals surface area contributed by atoms with Crippen molar-refractivity contribution >= 4 is 6.03 Å². The molecule has 0 radical (unpaired) electrons. The van der Waals surface area contributed by atoms with E-state index in [-0.39, 0.29) is 11.8 Å². The van der Waals surface area contributed by atoms with E-state index in [1.165, 1.54) is 12.1 Å². The van der Waals surface area contributed by atoms with Crippen LogP contribution < -0.4 is 10.6 Å². The number of carbonyl (C=O) groups is 1. The van der Waals surface area contributed by atoms with Gasteiger partial charge in [-0.25, -0.2) is 9.18 Å². The minimum absolute atomic E-state index is 0.252. The van der Waals surface area contributed by atoms with Crippen LogP contribution in [0.25, 0.3) is 0 Å². The topological polar surface area (TPSA) is 41.1 Å². The second kappa shape index (κ2) is 6.60. The maximum Gasteiger partial charge on any atom is 0.315 e. The normalized spacial score (nSPS) is 11.1. The van der Waals surface area contributed by atoms with Crippen LogP contribution in [0.5, 0.6) is 0 Å². The molecule has 2 aromatic carbocycles. The highest BCUT2D eigenvalue weighted by molar-refractivity contribution is 5.75. The highest BCUT2D eigenvalue weighted by atomic mass is 19.1. The molecule has 116 valence electrons. The first kappa shape index (κ1) is 16.0. The molecule has 0 aliphatic rings. The number of urea groups is 1. The van der Waals surface area contributed by atoms with Gasteiger partial charge in [-0.3, -0.25) is 0 Å². The van der Waals surface area contributed by atoms with Gasteiger partial charge in [0, 0.05) is 6.54 Å². The summed E-state index contributed by atoms with van der Waals surface area (Å²) in [6.45, 7) is 6.25. The zero-order valence-corrected chi connectivity index (χ0v) is 13.1. The van der Waals surface area contributed by atoms with Crippen molar-refractivity contribution in [1.82, 2.24) is 10.6 Å². The lowest BCUT2D eigenvalue weighted by molar-refractivity contribution is 0.229. The Bertz CT molecular complexity index is 650. The van der Waals surface area contributed by atoms with Crippen LogP contribution in [0.4, 0.5) is 9.18 Å². The first-order chi connectivity index (χ1) is 10.4. The molecular weight excluding hydrogens is 279 g/mol. The quantitative estimate of drug-likeness (QED) is 0.884. The summed E-state index contributed by atoms with van der Waals surface area (Å²) in [4.78, 5) is 12.1. The van der Waals surface area contributed by atoms with Gasteiger partial charge in [-0.2, -0.15) is 0 Å². The van der Waals surface area contributed by atoms with Gasteiger partial charge in [0.25, 0.3) is 0 Å². The highest BCUT2D eigenvalue weighted by Gasteiger charge is 2.22. The van der Waals surface area contributed by atoms with Gasteiger partial charge in [0.15, 0.2) is 0 Å². The average Bonchev–Trinajstić information content (AvgIpc) is 2.46. The third kappa shape index (κ3) is 4.07. The van der Waals surface area contributed by atoms with E-state index in [0.717, 1.165) is 16.7 Å². The summed E-state index contributed by atoms with van der Waals surface area (Å²) in [6, 6.07) is 13.8. The van der Waals surface area contributed by atoms with Crippen LogP contribution in [0.1, 0.15) is 30.5 Å². The number of hydrogen-bond acceptors (Lipinski definition) is 1. The molecule has 0 aliphatic heterocycles. The van der Waals surface area contributed by atoms with Gasteiger partial charge < -0.3 is 10.6 Å². The minimum atomic E-state index is -0.580. The third-order valence-corrected chi connectivity index (χ3v) is 3.69. The Morgan fingerprint density at radius 1 is 1.09 bits per heavy atom. The number of aryl methyl sites for hydroxylation is 1. The van der Waals surface area contributed by atoms with Crippen LogP contribution in [0, 0.1) is 12.7 Å². The SMILES string of the molecule is Cc1ccccc1CNC(=O)NC(C)(C)c1ccc(F)cc1. The van der Waals surface area contributed by atoms with E-state index in [9.17, 15) is 9.18 Å². The van der Waals surface area contributed by atoms with Crippen molar-refractivity contribution in [1.29, 1.82) is 0 Å². The number of rotatable bonds is 4. The maximum atomic E-state index is 13.0. The molecule has 0 saturated heterocycles. The van der Waals surface area contributed by atoms with Gasteiger partial charge in [0.2, 0.25) is 0 Å². The largest absolute Gasteiger partial charge is 0.334 e. The smallest absolute Gasteiger partial charge is 0.315 e. The maximum absolute atomic E-state index is 13.0. The summed E-state index contributed by atoms with van der Waals surface area (Å²) in [5.74, 6) is -0.288. The summed E-state index contributed by atoms with van der Waals surface area (Å²) >= 11 is 0. The molecule has 0 fully saturated rings. The third-order valence-electron chi connectivity index (χ3n) is 3.69. The van der Waals surface area contributed by atoms with E-state index in [1.54, 1.807) is 12.1 Å². The number of hydrogen-bond donors (Lipinski definition) is 2. The Labute approximate surface area is 130 Å². The molecule has 2 rings (SSSR count). The molecule has 2 amide bonds. The fourth-order valence-corrected chi connectivity index (χ4v) is 2.25. The van der Waals surface area contributed by atoms with Crippen LogP contribution in [0.15, 0.2) is 48.5 Å². The molecule has 4 heteroatoms. The lowest BCUT2D eigenvalue weighted by Crippen LogP contribution is -2.46. The van der Waals surface area contributed by atoms with Gasteiger partial charge in [-0.15, -0.1) is 0 Å². The molecule has 0 saturated carbocycles. The van der Waals surface area contributed by atoms with Gasteiger partial charge in [-0.05, 0) is 49.6 Å². The van der Waals surface area contributed by atoms with Crippen LogP contribution in [-0.2, 0) is 12.1 Å². The van der Waals surface area contributed by atoms with Crippen LogP contribution in [0.3, 0.4) is 0 Å². The summed E-state index contributed by atoms with van der Waals surface area (Å²) in [7, 11) is 0. The predicted octanol–water partition coefficient (Wildman–Crippen LogP) is 3.87. The summed E-state index contributed by atoms with van der Waals surface area (Å²) in [5.41, 5.74) is 2.49. The van der Waals surface area contributed by atoms with Crippen molar-refractivity contribution in [3.63, 3.8) is 0 Å². The van der Waals surface area contributed by atoms with E-state index in [0.29, 0.717) is 6.54 Å². The van der Waals surface area contributed by atoms with Crippen molar-refractivity contribution in [2.24, 2.45) is 0 Å². The fraction of sp³-hybridized carbons (Fsp3) is 0.278. The zero-order chi connectivity index (χ0) is 16.2. The Balaban J connectivity index is 1.96. The van der Waals surface area contributed by atoms with Gasteiger partial charge in [0.1, 0.15) is 5.82 Å². The molecule has 2 N–H and O–H groups in total. The monoisotopic (exact) mass is 300 g/mol. The first-order valence-electron chi connectivity index (χ1n) is 7.25. The number of amides is 2. The molecule has 0 heterocycles. The molecule has 0 aromatic heterocycles. The first-order valence-corrected chi connectivity index (χ1v) is 7.25. The second-order valence-electron chi connectivity index (χ2n) is 5.87. The van der Waals surface area contributed by atoms with Crippen molar-refractivity contribution in [3.8, 4) is 0 Å². The molecule has 0 unspecified atom stereocenters. The van der Waals surface area contributed by atoms with E-state index in [2.05, 4.69) is 10.6 Å². The molecule has 0 bridgehead atoms. The predicted molar refractivity (Wildman–Crippen MR) is 86.0 cm³/mol. The Morgan fingerprint density at radius 3 is 2.36 bits per heavy atom. The number of halogens is 1. The molecule has 3 nitrogen and oxygen atoms in total. The molecule has 0 spiro atoms. The number of benzene rings is 2. The van der Waals surface area contributed by atoms with Crippen molar-refractivity contribution in [2.75, 3.05) is 0 Å². The van der Waals surface area contributed by atoms with Crippen LogP contribution >= 0.6 is 0 Å². The average molecular weight is 300 g/mol. The van der Waals surface area contributed by atoms with Crippen molar-refractivity contribution < 1.29 is 9.18 Å². The molecule has 0 aliphatic carbocycles. The lowest BCUT2D eigenvalue weighted by Gasteiger charge is -2.27. The van der Waals surface area contributed by atoms with E-state index >= 15 is 0 Å². The zero-order valence-electron chi connectivity index (χ0n) is 13.1. The Morgan fingerprint density at radius 2 is 1.73 bits per heavy atom. The van der Waals surface area contributed by atoms with Gasteiger partial charge in [0.05, 0.1) is 5.54 Å². The van der Waals surface area contributed by atoms with Crippen molar-refractivity contribution in [2.45, 2.75) is 32.9 Å². The van der Waals surface area contributed by atoms with Crippen LogP contribution in [-0.4, -0.2) is 6.03 Å². The lowest BCUT2D eigenvalue weighted by atomic mass is 9.94. The Hall–Kier alpha value is -2.36. The number of nitrogens with one attached hydrogen (secondary N) is 2. The van der Waals surface area contributed by atoms with E-state index < -0.39 is 5.54 Å². The summed E-state index contributed by atoms with van der Waals surface area (Å²) in [6.07, 6.45) is 0. The van der Waals surface area contributed by atoms with E-state index in [4.69, 9.17) is 0 Å². The minimum Gasteiger partial charge on any atom is -0.334 e. The Kier molecular flexibility index (Phi) is 4.81. The summed E-state index contributed by atoms with van der Waals surface area (Å²) in [5, 5.41) is 5.76.